The lowest BCUT2D eigenvalue weighted by Gasteiger charge is -2.05. The lowest BCUT2D eigenvalue weighted by molar-refractivity contribution is -0.137. The van der Waals surface area contributed by atoms with E-state index in [1.54, 1.807) is 0 Å². The van der Waals surface area contributed by atoms with Crippen molar-refractivity contribution in [1.82, 2.24) is 4.90 Å². The number of carbonyl (C=O) groups excluding carboxylic acids is 2. The van der Waals surface area contributed by atoms with Gasteiger partial charge in [0.05, 0.1) is 25.2 Å². The molecule has 0 saturated carbocycles. The maximum atomic E-state index is 11.1. The fourth-order valence-electron chi connectivity index (χ4n) is 1.04. The summed E-state index contributed by atoms with van der Waals surface area (Å²) in [7, 11) is 1.25. The van der Waals surface area contributed by atoms with Crippen LogP contribution in [0.4, 0.5) is 0 Å². The molecule has 0 atom stereocenters. The first-order chi connectivity index (χ1) is 6.19. The predicted octanol–water partition coefficient (Wildman–Crippen LogP) is -0.201. The fraction of sp³-hybridized carbons (Fsp3) is 0.375. The molecule has 1 heterocycles. The van der Waals surface area contributed by atoms with Crippen molar-refractivity contribution in [2.45, 2.75) is 6.42 Å². The molecule has 0 N–H and O–H groups in total. The Bertz CT molecular complexity index is 314. The Balaban J connectivity index is 2.72. The third kappa shape index (κ3) is 1.85. The van der Waals surface area contributed by atoms with Crippen LogP contribution in [0.15, 0.2) is 11.8 Å². The highest BCUT2D eigenvalue weighted by atomic mass is 16.5. The van der Waals surface area contributed by atoms with Crippen LogP contribution in [-0.2, 0) is 14.3 Å². The van der Waals surface area contributed by atoms with E-state index in [1.807, 2.05) is 6.07 Å². The summed E-state index contributed by atoms with van der Waals surface area (Å²) in [6.07, 6.45) is 1.38. The van der Waals surface area contributed by atoms with Gasteiger partial charge in [0.2, 0.25) is 5.91 Å². The molecule has 0 spiro atoms. The molecular formula is C8H8N2O3. The summed E-state index contributed by atoms with van der Waals surface area (Å²) in [5, 5.41) is 8.34. The van der Waals surface area contributed by atoms with E-state index < -0.39 is 5.97 Å². The molecule has 0 aromatic heterocycles. The van der Waals surface area contributed by atoms with Crippen LogP contribution in [0.1, 0.15) is 6.42 Å². The number of methoxy groups -OCH3 is 1. The first-order valence-electron chi connectivity index (χ1n) is 3.64. The second-order valence-corrected chi connectivity index (χ2v) is 2.50. The van der Waals surface area contributed by atoms with Gasteiger partial charge in [0, 0.05) is 6.20 Å². The molecule has 0 aromatic rings. The van der Waals surface area contributed by atoms with Gasteiger partial charge in [-0.3, -0.25) is 4.79 Å². The topological polar surface area (TPSA) is 70.4 Å². The number of nitrogens with zero attached hydrogens (tertiary/aromatic N) is 2. The van der Waals surface area contributed by atoms with Gasteiger partial charge in [-0.15, -0.1) is 0 Å². The summed E-state index contributed by atoms with van der Waals surface area (Å²) in [5.41, 5.74) is 0.294. The summed E-state index contributed by atoms with van der Waals surface area (Å²) in [4.78, 5) is 23.3. The zero-order valence-electron chi connectivity index (χ0n) is 7.11. The molecule has 0 aliphatic carbocycles. The Morgan fingerprint density at radius 1 is 1.85 bits per heavy atom. The fourth-order valence-corrected chi connectivity index (χ4v) is 1.04. The van der Waals surface area contributed by atoms with Crippen LogP contribution in [0.2, 0.25) is 0 Å². The first-order valence-corrected chi connectivity index (χ1v) is 3.64. The Hall–Kier alpha value is -1.83. The van der Waals surface area contributed by atoms with Crippen molar-refractivity contribution in [3.63, 3.8) is 0 Å². The minimum Gasteiger partial charge on any atom is -0.466 e. The highest BCUT2D eigenvalue weighted by molar-refractivity contribution is 5.98. The van der Waals surface area contributed by atoms with Gasteiger partial charge >= 0.3 is 5.97 Å². The summed E-state index contributed by atoms with van der Waals surface area (Å²) < 4.78 is 4.44. The second kappa shape index (κ2) is 3.72. The number of ether oxygens (including phenoxy) is 1. The second-order valence-electron chi connectivity index (χ2n) is 2.50. The van der Waals surface area contributed by atoms with Crippen molar-refractivity contribution < 1.29 is 14.3 Å². The normalized spacial score (nSPS) is 15.2. The number of esters is 1. The molecule has 5 nitrogen and oxygen atoms in total. The van der Waals surface area contributed by atoms with Crippen LogP contribution in [0, 0.1) is 11.3 Å². The van der Waals surface area contributed by atoms with Crippen LogP contribution >= 0.6 is 0 Å². The third-order valence-electron chi connectivity index (χ3n) is 1.66. The van der Waals surface area contributed by atoms with Crippen LogP contribution in [0.3, 0.4) is 0 Å². The first kappa shape index (κ1) is 9.26. The van der Waals surface area contributed by atoms with Crippen molar-refractivity contribution in [3.8, 4) is 6.07 Å². The van der Waals surface area contributed by atoms with Crippen LogP contribution in [0.25, 0.3) is 0 Å². The highest BCUT2D eigenvalue weighted by Gasteiger charge is 2.25. The van der Waals surface area contributed by atoms with Gasteiger partial charge in [-0.1, -0.05) is 0 Å². The van der Waals surface area contributed by atoms with Gasteiger partial charge in [-0.05, 0) is 0 Å². The van der Waals surface area contributed by atoms with Crippen LogP contribution in [0.5, 0.6) is 0 Å². The van der Waals surface area contributed by atoms with E-state index in [2.05, 4.69) is 4.74 Å². The maximum Gasteiger partial charge on any atom is 0.335 e. The lowest BCUT2D eigenvalue weighted by atomic mass is 10.2. The Labute approximate surface area is 75.2 Å². The molecule has 0 unspecified atom stereocenters. The molecule has 68 valence electrons. The van der Waals surface area contributed by atoms with E-state index in [9.17, 15) is 9.59 Å². The van der Waals surface area contributed by atoms with Crippen molar-refractivity contribution in [2.24, 2.45) is 0 Å². The average molecular weight is 180 g/mol. The monoisotopic (exact) mass is 180 g/mol. The lowest BCUT2D eigenvalue weighted by Crippen LogP contribution is -2.20. The zero-order valence-corrected chi connectivity index (χ0v) is 7.11. The van der Waals surface area contributed by atoms with Gasteiger partial charge in [0.25, 0.3) is 0 Å². The molecule has 0 bridgehead atoms. The molecule has 13 heavy (non-hydrogen) atoms. The summed E-state index contributed by atoms with van der Waals surface area (Å²) in [5.74, 6) is -0.768. The summed E-state index contributed by atoms with van der Waals surface area (Å²) >= 11 is 0. The maximum absolute atomic E-state index is 11.1. The molecule has 1 amide bonds. The number of amides is 1. The average Bonchev–Trinajstić information content (AvgIpc) is 2.47. The van der Waals surface area contributed by atoms with E-state index in [-0.39, 0.29) is 18.9 Å². The van der Waals surface area contributed by atoms with Crippen LogP contribution in [-0.4, -0.2) is 30.4 Å². The Morgan fingerprint density at radius 2 is 2.54 bits per heavy atom. The third-order valence-corrected chi connectivity index (χ3v) is 1.66. The van der Waals surface area contributed by atoms with E-state index in [0.29, 0.717) is 5.57 Å². The minimum atomic E-state index is -0.520. The summed E-state index contributed by atoms with van der Waals surface area (Å²) in [6, 6.07) is 1.83. The molecule has 5 heteroatoms. The molecule has 1 rings (SSSR count). The van der Waals surface area contributed by atoms with E-state index >= 15 is 0 Å². The number of carbonyl (C=O) groups is 2. The van der Waals surface area contributed by atoms with Gasteiger partial charge in [-0.2, -0.15) is 5.26 Å². The van der Waals surface area contributed by atoms with Crippen molar-refractivity contribution in [1.29, 1.82) is 5.26 Å². The molecule has 0 fully saturated rings. The van der Waals surface area contributed by atoms with Crippen molar-refractivity contribution in [2.75, 3.05) is 13.7 Å². The van der Waals surface area contributed by atoms with E-state index in [4.69, 9.17) is 5.26 Å². The molecule has 0 saturated heterocycles. The summed E-state index contributed by atoms with van der Waals surface area (Å²) in [6.45, 7) is -0.0284. The van der Waals surface area contributed by atoms with Crippen molar-refractivity contribution in [3.05, 3.63) is 11.8 Å². The number of hydrogen-bond acceptors (Lipinski definition) is 4. The van der Waals surface area contributed by atoms with Gasteiger partial charge in [0.15, 0.2) is 0 Å². The van der Waals surface area contributed by atoms with E-state index in [1.165, 1.54) is 18.2 Å². The Kier molecular flexibility index (Phi) is 2.65. The quantitative estimate of drug-likeness (QED) is 0.436. The smallest absolute Gasteiger partial charge is 0.335 e. The van der Waals surface area contributed by atoms with Gasteiger partial charge in [0.1, 0.15) is 6.54 Å². The highest BCUT2D eigenvalue weighted by Crippen LogP contribution is 2.16. The molecule has 0 radical (unpaired) electrons. The SMILES string of the molecule is COC(=O)C1=CN(CC#N)C(=O)C1. The zero-order chi connectivity index (χ0) is 9.84. The predicted molar refractivity (Wildman–Crippen MR) is 42.0 cm³/mol. The molecule has 0 aromatic carbocycles. The Morgan fingerprint density at radius 3 is 3.08 bits per heavy atom. The van der Waals surface area contributed by atoms with Gasteiger partial charge in [-0.25, -0.2) is 4.79 Å². The van der Waals surface area contributed by atoms with Gasteiger partial charge < -0.3 is 9.64 Å². The van der Waals surface area contributed by atoms with E-state index in [0.717, 1.165) is 0 Å². The molecule has 1 aliphatic rings. The number of rotatable bonds is 2. The largest absolute Gasteiger partial charge is 0.466 e. The molecule has 1 aliphatic heterocycles. The standard InChI is InChI=1S/C8H8N2O3/c1-13-8(12)6-4-7(11)10(5-6)3-2-9/h5H,3-4H2,1H3. The number of nitriles is 1. The molecular weight excluding hydrogens is 172 g/mol. The minimum absolute atomic E-state index is 0.0222. The van der Waals surface area contributed by atoms with Crippen LogP contribution < -0.4 is 0 Å². The van der Waals surface area contributed by atoms with Crippen molar-refractivity contribution >= 4 is 11.9 Å². The number of hydrogen-bond donors (Lipinski definition) is 0.